The number of anilines is 1. The molecule has 0 aromatic carbocycles. The molecule has 3 heterocycles. The first-order valence-corrected chi connectivity index (χ1v) is 6.80. The van der Waals surface area contributed by atoms with Gasteiger partial charge in [-0.15, -0.1) is 11.3 Å². The number of aryl methyl sites for hydroxylation is 1. The predicted octanol–water partition coefficient (Wildman–Crippen LogP) is 2.72. The lowest BCUT2D eigenvalue weighted by molar-refractivity contribution is 0.395. The van der Waals surface area contributed by atoms with Crippen molar-refractivity contribution in [1.29, 1.82) is 0 Å². The van der Waals surface area contributed by atoms with Gasteiger partial charge >= 0.3 is 0 Å². The molecule has 0 bridgehead atoms. The molecule has 0 aliphatic heterocycles. The van der Waals surface area contributed by atoms with E-state index in [0.29, 0.717) is 12.4 Å². The molecule has 0 fully saturated rings. The Kier molecular flexibility index (Phi) is 3.08. The molecule has 0 aliphatic carbocycles. The van der Waals surface area contributed by atoms with E-state index in [0.717, 1.165) is 16.3 Å². The third kappa shape index (κ3) is 2.15. The molecule has 0 unspecified atom stereocenters. The molecule has 98 valence electrons. The highest BCUT2D eigenvalue weighted by Gasteiger charge is 2.13. The third-order valence-corrected chi connectivity index (χ3v) is 3.76. The van der Waals surface area contributed by atoms with Crippen LogP contribution in [-0.4, -0.2) is 21.5 Å². The summed E-state index contributed by atoms with van der Waals surface area (Å²) in [4.78, 5) is 9.50. The first-order valence-electron chi connectivity index (χ1n) is 5.92. The van der Waals surface area contributed by atoms with Gasteiger partial charge in [0.1, 0.15) is 5.69 Å². The number of hydrogen-bond acceptors (Lipinski definition) is 5. The standard InChI is InChI=1S/C13H14N4OS/c1-9-3-4-14-7-10(9)15-8-11-12(18-2)16-13-17(11)5-6-19-13/h3-7,15H,8H2,1-2H3. The Bertz CT molecular complexity index is 704. The average molecular weight is 274 g/mol. The highest BCUT2D eigenvalue weighted by Crippen LogP contribution is 2.24. The smallest absolute Gasteiger partial charge is 0.238 e. The lowest BCUT2D eigenvalue weighted by Crippen LogP contribution is -2.05. The SMILES string of the molecule is COc1nc2sccn2c1CNc1cnccc1C. The van der Waals surface area contributed by atoms with Gasteiger partial charge in [-0.05, 0) is 18.6 Å². The zero-order valence-corrected chi connectivity index (χ0v) is 11.6. The van der Waals surface area contributed by atoms with Crippen molar-refractivity contribution in [3.8, 4) is 5.88 Å². The van der Waals surface area contributed by atoms with E-state index in [1.54, 1.807) is 24.6 Å². The molecule has 0 saturated carbocycles. The number of imidazole rings is 1. The van der Waals surface area contributed by atoms with Crippen molar-refractivity contribution in [3.63, 3.8) is 0 Å². The van der Waals surface area contributed by atoms with Gasteiger partial charge in [-0.3, -0.25) is 9.38 Å². The summed E-state index contributed by atoms with van der Waals surface area (Å²) in [6.07, 6.45) is 5.62. The maximum atomic E-state index is 5.33. The van der Waals surface area contributed by atoms with Crippen molar-refractivity contribution in [1.82, 2.24) is 14.4 Å². The fourth-order valence-corrected chi connectivity index (χ4v) is 2.69. The second-order valence-corrected chi connectivity index (χ2v) is 5.04. The van der Waals surface area contributed by atoms with Gasteiger partial charge in [-0.1, -0.05) is 0 Å². The second kappa shape index (κ2) is 4.89. The van der Waals surface area contributed by atoms with Crippen LogP contribution in [0.25, 0.3) is 4.96 Å². The summed E-state index contributed by atoms with van der Waals surface area (Å²) in [6, 6.07) is 1.98. The number of hydrogen-bond donors (Lipinski definition) is 1. The van der Waals surface area contributed by atoms with E-state index >= 15 is 0 Å². The van der Waals surface area contributed by atoms with Gasteiger partial charge in [-0.2, -0.15) is 4.98 Å². The molecule has 1 N–H and O–H groups in total. The maximum Gasteiger partial charge on any atom is 0.238 e. The van der Waals surface area contributed by atoms with Gasteiger partial charge in [0, 0.05) is 17.8 Å². The van der Waals surface area contributed by atoms with Crippen LogP contribution < -0.4 is 10.1 Å². The molecule has 0 aliphatic rings. The maximum absolute atomic E-state index is 5.33. The van der Waals surface area contributed by atoms with Crippen molar-refractivity contribution >= 4 is 22.0 Å². The van der Waals surface area contributed by atoms with E-state index in [1.165, 1.54) is 5.56 Å². The fraction of sp³-hybridized carbons (Fsp3) is 0.231. The summed E-state index contributed by atoms with van der Waals surface area (Å²) in [7, 11) is 1.64. The number of methoxy groups -OCH3 is 1. The number of rotatable bonds is 4. The van der Waals surface area contributed by atoms with Crippen LogP contribution in [-0.2, 0) is 6.54 Å². The summed E-state index contributed by atoms with van der Waals surface area (Å²) in [6.45, 7) is 2.70. The van der Waals surface area contributed by atoms with E-state index in [-0.39, 0.29) is 0 Å². The third-order valence-electron chi connectivity index (χ3n) is 3.00. The van der Waals surface area contributed by atoms with Crippen molar-refractivity contribution in [2.45, 2.75) is 13.5 Å². The van der Waals surface area contributed by atoms with Crippen molar-refractivity contribution < 1.29 is 4.74 Å². The summed E-state index contributed by atoms with van der Waals surface area (Å²) in [5, 5.41) is 5.39. The van der Waals surface area contributed by atoms with Crippen LogP contribution in [0.3, 0.4) is 0 Å². The molecule has 3 rings (SSSR count). The monoisotopic (exact) mass is 274 g/mol. The molecule has 6 heteroatoms. The Hall–Kier alpha value is -2.08. The number of thiazole rings is 1. The first kappa shape index (κ1) is 12.0. The average Bonchev–Trinajstić information content (AvgIpc) is 2.98. The molecule has 0 atom stereocenters. The number of nitrogens with one attached hydrogen (secondary N) is 1. The highest BCUT2D eigenvalue weighted by molar-refractivity contribution is 7.15. The molecule has 0 amide bonds. The lowest BCUT2D eigenvalue weighted by Gasteiger charge is -2.09. The van der Waals surface area contributed by atoms with Crippen molar-refractivity contribution in [2.24, 2.45) is 0 Å². The number of ether oxygens (including phenoxy) is 1. The van der Waals surface area contributed by atoms with Crippen LogP contribution in [0.5, 0.6) is 5.88 Å². The van der Waals surface area contributed by atoms with Crippen LogP contribution in [0, 0.1) is 6.92 Å². The van der Waals surface area contributed by atoms with Crippen LogP contribution in [0.2, 0.25) is 0 Å². The molecule has 19 heavy (non-hydrogen) atoms. The zero-order chi connectivity index (χ0) is 13.2. The van der Waals surface area contributed by atoms with Crippen molar-refractivity contribution in [3.05, 3.63) is 41.3 Å². The topological polar surface area (TPSA) is 51.5 Å². The van der Waals surface area contributed by atoms with Crippen LogP contribution in [0.4, 0.5) is 5.69 Å². The molecule has 0 saturated heterocycles. The zero-order valence-electron chi connectivity index (χ0n) is 10.8. The Balaban J connectivity index is 1.89. The summed E-state index contributed by atoms with van der Waals surface area (Å²) < 4.78 is 7.37. The summed E-state index contributed by atoms with van der Waals surface area (Å²) >= 11 is 1.59. The van der Waals surface area contributed by atoms with E-state index < -0.39 is 0 Å². The highest BCUT2D eigenvalue weighted by atomic mass is 32.1. The lowest BCUT2D eigenvalue weighted by atomic mass is 10.2. The minimum atomic E-state index is 0.646. The number of nitrogens with zero attached hydrogens (tertiary/aromatic N) is 3. The van der Waals surface area contributed by atoms with Crippen LogP contribution in [0.15, 0.2) is 30.0 Å². The fourth-order valence-electron chi connectivity index (χ4n) is 1.97. The van der Waals surface area contributed by atoms with Crippen LogP contribution >= 0.6 is 11.3 Å². The Morgan fingerprint density at radius 1 is 1.47 bits per heavy atom. The largest absolute Gasteiger partial charge is 0.480 e. The minimum Gasteiger partial charge on any atom is -0.480 e. The van der Waals surface area contributed by atoms with E-state index in [2.05, 4.69) is 22.2 Å². The number of fused-ring (bicyclic) bond motifs is 1. The first-order chi connectivity index (χ1) is 9.29. The molecule has 5 nitrogen and oxygen atoms in total. The number of pyridine rings is 1. The second-order valence-electron chi connectivity index (χ2n) is 4.17. The molecular weight excluding hydrogens is 260 g/mol. The van der Waals surface area contributed by atoms with Gasteiger partial charge in [0.2, 0.25) is 5.88 Å². The van der Waals surface area contributed by atoms with Crippen molar-refractivity contribution in [2.75, 3.05) is 12.4 Å². The molecule has 0 radical (unpaired) electrons. The predicted molar refractivity (Wildman–Crippen MR) is 75.9 cm³/mol. The van der Waals surface area contributed by atoms with Gasteiger partial charge < -0.3 is 10.1 Å². The van der Waals surface area contributed by atoms with Gasteiger partial charge in [0.05, 0.1) is 25.5 Å². The molecule has 3 aromatic rings. The van der Waals surface area contributed by atoms with Gasteiger partial charge in [-0.25, -0.2) is 0 Å². The Labute approximate surface area is 114 Å². The van der Waals surface area contributed by atoms with Crippen LogP contribution in [0.1, 0.15) is 11.3 Å². The molecule has 3 aromatic heterocycles. The van der Waals surface area contributed by atoms with E-state index in [4.69, 9.17) is 4.74 Å². The minimum absolute atomic E-state index is 0.646. The summed E-state index contributed by atoms with van der Waals surface area (Å²) in [5.74, 6) is 0.667. The summed E-state index contributed by atoms with van der Waals surface area (Å²) in [5.41, 5.74) is 3.21. The molecular formula is C13H14N4OS. The van der Waals surface area contributed by atoms with E-state index in [9.17, 15) is 0 Å². The Morgan fingerprint density at radius 2 is 2.37 bits per heavy atom. The van der Waals surface area contributed by atoms with E-state index in [1.807, 2.05) is 28.2 Å². The normalized spacial score (nSPS) is 10.8. The Morgan fingerprint density at radius 3 is 3.16 bits per heavy atom. The number of aromatic nitrogens is 3. The van der Waals surface area contributed by atoms with Gasteiger partial charge in [0.25, 0.3) is 0 Å². The molecule has 0 spiro atoms. The van der Waals surface area contributed by atoms with Gasteiger partial charge in [0.15, 0.2) is 4.96 Å². The quantitative estimate of drug-likeness (QED) is 0.794.